The van der Waals surface area contributed by atoms with Crippen LogP contribution in [0.25, 0.3) is 0 Å². The van der Waals surface area contributed by atoms with Gasteiger partial charge in [0.2, 0.25) is 6.33 Å². The van der Waals surface area contributed by atoms with E-state index in [0.717, 1.165) is 25.1 Å². The Kier molecular flexibility index (Phi) is 3.27. The fourth-order valence-corrected chi connectivity index (χ4v) is 1.80. The summed E-state index contributed by atoms with van der Waals surface area (Å²) < 4.78 is 4.17. The SMILES string of the molecule is C[n+]1ccn(CCCc2ncc(N)cc2N)c1. The number of nitrogens with zero attached hydrogens (tertiary/aromatic N) is 3. The van der Waals surface area contributed by atoms with Gasteiger partial charge in [0.05, 0.1) is 36.9 Å². The lowest BCUT2D eigenvalue weighted by molar-refractivity contribution is -0.671. The predicted molar refractivity (Wildman–Crippen MR) is 67.0 cm³/mol. The van der Waals surface area contributed by atoms with E-state index in [-0.39, 0.29) is 0 Å². The van der Waals surface area contributed by atoms with Crippen LogP contribution in [0.4, 0.5) is 11.4 Å². The van der Waals surface area contributed by atoms with Crippen LogP contribution in [0.3, 0.4) is 0 Å². The molecule has 90 valence electrons. The van der Waals surface area contributed by atoms with Crippen LogP contribution in [0, 0.1) is 0 Å². The van der Waals surface area contributed by atoms with E-state index >= 15 is 0 Å². The average Bonchev–Trinajstić information content (AvgIpc) is 2.68. The minimum Gasteiger partial charge on any atom is -0.397 e. The van der Waals surface area contributed by atoms with E-state index in [4.69, 9.17) is 11.5 Å². The van der Waals surface area contributed by atoms with Crippen molar-refractivity contribution in [1.29, 1.82) is 0 Å². The van der Waals surface area contributed by atoms with Gasteiger partial charge in [0.15, 0.2) is 0 Å². The first-order valence-electron chi connectivity index (χ1n) is 5.66. The predicted octanol–water partition coefficient (Wildman–Crippen LogP) is 0.505. The fourth-order valence-electron chi connectivity index (χ4n) is 1.80. The van der Waals surface area contributed by atoms with E-state index in [0.29, 0.717) is 11.4 Å². The van der Waals surface area contributed by atoms with E-state index in [1.54, 1.807) is 12.3 Å². The molecule has 17 heavy (non-hydrogen) atoms. The van der Waals surface area contributed by atoms with Gasteiger partial charge in [-0.1, -0.05) is 0 Å². The zero-order chi connectivity index (χ0) is 12.3. The van der Waals surface area contributed by atoms with E-state index in [9.17, 15) is 0 Å². The molecular formula is C12H18N5+. The van der Waals surface area contributed by atoms with Gasteiger partial charge in [-0.15, -0.1) is 0 Å². The summed E-state index contributed by atoms with van der Waals surface area (Å²) in [6, 6.07) is 1.76. The molecule has 0 fully saturated rings. The first kappa shape index (κ1) is 11.4. The molecular weight excluding hydrogens is 214 g/mol. The van der Waals surface area contributed by atoms with E-state index in [1.807, 2.05) is 17.8 Å². The van der Waals surface area contributed by atoms with Gasteiger partial charge in [0.1, 0.15) is 12.4 Å². The van der Waals surface area contributed by atoms with Gasteiger partial charge < -0.3 is 11.5 Å². The number of hydrogen-bond acceptors (Lipinski definition) is 3. The maximum Gasteiger partial charge on any atom is 0.243 e. The summed E-state index contributed by atoms with van der Waals surface area (Å²) in [5.74, 6) is 0. The molecule has 0 spiro atoms. The summed E-state index contributed by atoms with van der Waals surface area (Å²) in [6.07, 6.45) is 9.67. The number of anilines is 2. The summed E-state index contributed by atoms with van der Waals surface area (Å²) in [4.78, 5) is 4.25. The zero-order valence-electron chi connectivity index (χ0n) is 10.0. The van der Waals surface area contributed by atoms with Crippen LogP contribution in [0.1, 0.15) is 12.1 Å². The Bertz CT molecular complexity index is 503. The highest BCUT2D eigenvalue weighted by molar-refractivity contribution is 5.52. The van der Waals surface area contributed by atoms with Crippen LogP contribution in [0.5, 0.6) is 0 Å². The summed E-state index contributed by atoms with van der Waals surface area (Å²) >= 11 is 0. The highest BCUT2D eigenvalue weighted by Gasteiger charge is 2.04. The van der Waals surface area contributed by atoms with Crippen LogP contribution in [0.15, 0.2) is 31.0 Å². The molecule has 0 amide bonds. The monoisotopic (exact) mass is 232 g/mol. The van der Waals surface area contributed by atoms with Gasteiger partial charge >= 0.3 is 0 Å². The topological polar surface area (TPSA) is 73.7 Å². The molecule has 0 aliphatic carbocycles. The average molecular weight is 232 g/mol. The third-order valence-electron chi connectivity index (χ3n) is 2.68. The number of nitrogens with two attached hydrogens (primary N) is 2. The summed E-state index contributed by atoms with van der Waals surface area (Å²) in [5.41, 5.74) is 13.7. The van der Waals surface area contributed by atoms with E-state index < -0.39 is 0 Å². The smallest absolute Gasteiger partial charge is 0.243 e. The van der Waals surface area contributed by atoms with Crippen molar-refractivity contribution >= 4 is 11.4 Å². The molecule has 0 unspecified atom stereocenters. The Hall–Kier alpha value is -2.04. The van der Waals surface area contributed by atoms with E-state index in [1.165, 1.54) is 0 Å². The van der Waals surface area contributed by atoms with E-state index in [2.05, 4.69) is 22.1 Å². The van der Waals surface area contributed by atoms with Gasteiger partial charge in [-0.25, -0.2) is 9.13 Å². The quantitative estimate of drug-likeness (QED) is 0.754. The molecule has 0 saturated carbocycles. The molecule has 0 aromatic carbocycles. The second-order valence-corrected chi connectivity index (χ2v) is 4.23. The third-order valence-corrected chi connectivity index (χ3v) is 2.68. The normalized spacial score (nSPS) is 10.6. The summed E-state index contributed by atoms with van der Waals surface area (Å²) in [5, 5.41) is 0. The van der Waals surface area contributed by atoms with Crippen molar-refractivity contribution in [2.75, 3.05) is 11.5 Å². The zero-order valence-corrected chi connectivity index (χ0v) is 10.0. The van der Waals surface area contributed by atoms with Crippen molar-refractivity contribution in [3.63, 3.8) is 0 Å². The third kappa shape index (κ3) is 2.96. The number of imidazole rings is 1. The standard InChI is InChI=1S/C12H18N5/c1-16-5-6-17(9-16)4-2-3-12-11(14)7-10(13)8-15-12/h5-9H,2-4,13-14H2,1H3/q+1. The number of aromatic nitrogens is 3. The second-order valence-electron chi connectivity index (χ2n) is 4.23. The summed E-state index contributed by atoms with van der Waals surface area (Å²) in [7, 11) is 2.01. The van der Waals surface area contributed by atoms with Crippen LogP contribution in [-0.4, -0.2) is 9.55 Å². The highest BCUT2D eigenvalue weighted by Crippen LogP contribution is 2.14. The number of aryl methyl sites for hydroxylation is 3. The molecule has 2 aromatic heterocycles. The van der Waals surface area contributed by atoms with Crippen LogP contribution in [0.2, 0.25) is 0 Å². The van der Waals surface area contributed by atoms with Crippen molar-refractivity contribution < 1.29 is 4.57 Å². The molecule has 0 aliphatic rings. The molecule has 0 bridgehead atoms. The number of nitrogen functional groups attached to an aromatic ring is 2. The minimum atomic E-state index is 0.615. The van der Waals surface area contributed by atoms with Crippen molar-refractivity contribution in [3.05, 3.63) is 36.7 Å². The minimum absolute atomic E-state index is 0.615. The maximum absolute atomic E-state index is 5.85. The first-order valence-corrected chi connectivity index (χ1v) is 5.66. The molecule has 2 aromatic rings. The van der Waals surface area contributed by atoms with Crippen LogP contribution >= 0.6 is 0 Å². The van der Waals surface area contributed by atoms with Crippen molar-refractivity contribution in [2.45, 2.75) is 19.4 Å². The Balaban J connectivity index is 1.90. The fraction of sp³-hybridized carbons (Fsp3) is 0.333. The summed E-state index contributed by atoms with van der Waals surface area (Å²) in [6.45, 7) is 0.965. The second kappa shape index (κ2) is 4.86. The number of pyridine rings is 1. The van der Waals surface area contributed by atoms with Gasteiger partial charge in [0, 0.05) is 0 Å². The molecule has 0 saturated heterocycles. The van der Waals surface area contributed by atoms with Crippen LogP contribution in [-0.2, 0) is 20.0 Å². The van der Waals surface area contributed by atoms with Crippen molar-refractivity contribution in [3.8, 4) is 0 Å². The molecule has 2 rings (SSSR count). The Morgan fingerprint density at radius 2 is 2.24 bits per heavy atom. The lowest BCUT2D eigenvalue weighted by Gasteiger charge is -2.04. The Morgan fingerprint density at radius 1 is 1.41 bits per heavy atom. The molecule has 0 atom stereocenters. The number of hydrogen-bond donors (Lipinski definition) is 2. The molecule has 0 aliphatic heterocycles. The van der Waals surface area contributed by atoms with Crippen LogP contribution < -0.4 is 16.0 Å². The molecule has 0 radical (unpaired) electrons. The lowest BCUT2D eigenvalue weighted by Crippen LogP contribution is -2.23. The first-order chi connectivity index (χ1) is 8.15. The van der Waals surface area contributed by atoms with Gasteiger partial charge in [-0.2, -0.15) is 0 Å². The Labute approximate surface area is 101 Å². The highest BCUT2D eigenvalue weighted by atomic mass is 15.1. The van der Waals surface area contributed by atoms with Crippen molar-refractivity contribution in [1.82, 2.24) is 9.55 Å². The number of rotatable bonds is 4. The molecule has 5 nitrogen and oxygen atoms in total. The maximum atomic E-state index is 5.85. The molecule has 4 N–H and O–H groups in total. The Morgan fingerprint density at radius 3 is 2.88 bits per heavy atom. The largest absolute Gasteiger partial charge is 0.397 e. The molecule has 5 heteroatoms. The molecule has 2 heterocycles. The van der Waals surface area contributed by atoms with Gasteiger partial charge in [-0.05, 0) is 18.9 Å². The lowest BCUT2D eigenvalue weighted by atomic mass is 10.2. The van der Waals surface area contributed by atoms with Crippen molar-refractivity contribution in [2.24, 2.45) is 7.05 Å². The van der Waals surface area contributed by atoms with Gasteiger partial charge in [0.25, 0.3) is 0 Å². The van der Waals surface area contributed by atoms with Gasteiger partial charge in [-0.3, -0.25) is 4.98 Å².